The van der Waals surface area contributed by atoms with E-state index in [1.807, 2.05) is 40.7 Å². The molecule has 200 valence electrons. The Kier molecular flexibility index (Phi) is 6.30. The first-order chi connectivity index (χ1) is 17.8. The number of nitrogens with zero attached hydrogens (tertiary/aromatic N) is 4. The second-order valence-electron chi connectivity index (χ2n) is 11.3. The predicted octanol–water partition coefficient (Wildman–Crippen LogP) is 5.11. The van der Waals surface area contributed by atoms with E-state index in [9.17, 15) is 17.6 Å². The van der Waals surface area contributed by atoms with Crippen molar-refractivity contribution in [2.75, 3.05) is 19.6 Å². The molecule has 0 radical (unpaired) electrons. The zero-order chi connectivity index (χ0) is 27.5. The number of hydrogen-bond acceptors (Lipinski definition) is 6. The summed E-state index contributed by atoms with van der Waals surface area (Å²) in [5.41, 5.74) is 2.25. The Morgan fingerprint density at radius 2 is 1.82 bits per heavy atom. The van der Waals surface area contributed by atoms with Crippen molar-refractivity contribution in [2.45, 2.75) is 52.0 Å². The van der Waals surface area contributed by atoms with E-state index in [0.717, 1.165) is 11.1 Å². The third-order valence-electron chi connectivity index (χ3n) is 6.97. The summed E-state index contributed by atoms with van der Waals surface area (Å²) in [6.07, 6.45) is 3.66. The molecule has 2 aromatic heterocycles. The molecule has 0 bridgehead atoms. The van der Waals surface area contributed by atoms with Gasteiger partial charge in [-0.3, -0.25) is 4.79 Å². The van der Waals surface area contributed by atoms with E-state index in [1.165, 1.54) is 16.4 Å². The molecule has 4 heterocycles. The van der Waals surface area contributed by atoms with Crippen LogP contribution in [0.25, 0.3) is 22.4 Å². The van der Waals surface area contributed by atoms with Crippen molar-refractivity contribution in [2.24, 2.45) is 4.99 Å². The lowest BCUT2D eigenvalue weighted by Crippen LogP contribution is -2.62. The molecule has 10 heteroatoms. The molecule has 0 N–H and O–H groups in total. The lowest BCUT2D eigenvalue weighted by atomic mass is 9.86. The number of pyridine rings is 1. The fourth-order valence-electron chi connectivity index (χ4n) is 4.93. The van der Waals surface area contributed by atoms with E-state index in [-0.39, 0.29) is 47.6 Å². The van der Waals surface area contributed by atoms with Gasteiger partial charge in [-0.2, -0.15) is 4.31 Å². The van der Waals surface area contributed by atoms with Crippen molar-refractivity contribution in [1.82, 2.24) is 14.2 Å². The van der Waals surface area contributed by atoms with Gasteiger partial charge in [0.05, 0.1) is 11.2 Å². The van der Waals surface area contributed by atoms with Gasteiger partial charge in [0.25, 0.3) is 15.9 Å². The van der Waals surface area contributed by atoms with Gasteiger partial charge < -0.3 is 9.32 Å². The number of carbonyl (C=O) groups is 1. The molecule has 1 aromatic carbocycles. The SMILES string of the molecule is CC(C)(C)c1cc(-c2ccc(F)cc2)nc2cc(C(=O)N3CCN(S(=O)(=O)C4=CCC=N4)CC3(C)C)oc12. The normalized spacial score (nSPS) is 18.3. The number of sulfonamides is 1. The maximum Gasteiger partial charge on any atom is 0.290 e. The zero-order valence-corrected chi connectivity index (χ0v) is 23.0. The molecule has 0 saturated carbocycles. The van der Waals surface area contributed by atoms with Crippen molar-refractivity contribution in [3.05, 3.63) is 64.6 Å². The minimum atomic E-state index is -3.72. The first kappa shape index (κ1) is 26.2. The van der Waals surface area contributed by atoms with Crippen LogP contribution in [0.4, 0.5) is 4.39 Å². The molecule has 1 saturated heterocycles. The maximum absolute atomic E-state index is 13.7. The first-order valence-electron chi connectivity index (χ1n) is 12.5. The van der Waals surface area contributed by atoms with E-state index in [0.29, 0.717) is 23.2 Å². The highest BCUT2D eigenvalue weighted by molar-refractivity contribution is 7.93. The molecule has 2 aliphatic rings. The average Bonchev–Trinajstić information content (AvgIpc) is 3.53. The number of benzene rings is 1. The predicted molar refractivity (Wildman–Crippen MR) is 145 cm³/mol. The number of allylic oxidation sites excluding steroid dienone is 1. The quantitative estimate of drug-likeness (QED) is 0.460. The lowest BCUT2D eigenvalue weighted by Gasteiger charge is -2.46. The Morgan fingerprint density at radius 3 is 2.42 bits per heavy atom. The van der Waals surface area contributed by atoms with Crippen LogP contribution in [0.1, 0.15) is 57.2 Å². The summed E-state index contributed by atoms with van der Waals surface area (Å²) < 4.78 is 47.1. The summed E-state index contributed by atoms with van der Waals surface area (Å²) in [5, 5.41) is 0.0584. The molecular weight excluding hydrogens is 507 g/mol. The fourth-order valence-corrected chi connectivity index (χ4v) is 6.52. The van der Waals surface area contributed by atoms with Crippen molar-refractivity contribution in [3.63, 3.8) is 0 Å². The highest BCUT2D eigenvalue weighted by atomic mass is 32.2. The van der Waals surface area contributed by atoms with E-state index < -0.39 is 15.6 Å². The number of halogens is 1. The Hall–Kier alpha value is -3.37. The molecule has 38 heavy (non-hydrogen) atoms. The standard InChI is InChI=1S/C28H31FN4O4S/c1-27(2,3)20-15-21(18-8-10-19(29)11-9-18)31-22-16-23(37-25(20)22)26(34)33-14-13-32(17-28(33,4)5)38(35,36)24-7-6-12-30-24/h7-12,15-16H,6,13-14,17H2,1-5H3. The van der Waals surface area contributed by atoms with Gasteiger partial charge in [0.15, 0.2) is 16.4 Å². The molecule has 8 nitrogen and oxygen atoms in total. The first-order valence-corrected chi connectivity index (χ1v) is 14.0. The smallest absolute Gasteiger partial charge is 0.290 e. The number of rotatable bonds is 4. The van der Waals surface area contributed by atoms with Crippen LogP contribution < -0.4 is 0 Å². The van der Waals surface area contributed by atoms with Gasteiger partial charge in [0.1, 0.15) is 11.3 Å². The van der Waals surface area contributed by atoms with Crippen LogP contribution in [0.3, 0.4) is 0 Å². The van der Waals surface area contributed by atoms with Crippen molar-refractivity contribution in [3.8, 4) is 11.3 Å². The van der Waals surface area contributed by atoms with Gasteiger partial charge in [-0.1, -0.05) is 20.8 Å². The number of aromatic nitrogens is 1. The molecule has 0 spiro atoms. The minimum Gasteiger partial charge on any atom is -0.449 e. The van der Waals surface area contributed by atoms with Crippen LogP contribution in [0.15, 0.2) is 56.9 Å². The molecular formula is C28H31FN4O4S. The van der Waals surface area contributed by atoms with Gasteiger partial charge in [0, 0.05) is 49.5 Å². The summed E-state index contributed by atoms with van der Waals surface area (Å²) in [6.45, 7) is 10.3. The van der Waals surface area contributed by atoms with Gasteiger partial charge in [-0.05, 0) is 55.7 Å². The number of aliphatic imine (C=N–C) groups is 1. The van der Waals surface area contributed by atoms with Gasteiger partial charge in [-0.25, -0.2) is 22.8 Å². The highest BCUT2D eigenvalue weighted by Crippen LogP contribution is 2.36. The van der Waals surface area contributed by atoms with Crippen LogP contribution >= 0.6 is 0 Å². The number of fused-ring (bicyclic) bond motifs is 1. The van der Waals surface area contributed by atoms with E-state index in [2.05, 4.69) is 4.99 Å². The van der Waals surface area contributed by atoms with E-state index in [4.69, 9.17) is 9.40 Å². The van der Waals surface area contributed by atoms with Crippen LogP contribution in [-0.2, 0) is 15.4 Å². The van der Waals surface area contributed by atoms with Crippen molar-refractivity contribution in [1.29, 1.82) is 0 Å². The maximum atomic E-state index is 13.7. The van der Waals surface area contributed by atoms with E-state index >= 15 is 0 Å². The third kappa shape index (κ3) is 4.67. The van der Waals surface area contributed by atoms with Crippen LogP contribution in [0.2, 0.25) is 0 Å². The molecule has 2 aliphatic heterocycles. The van der Waals surface area contributed by atoms with Crippen molar-refractivity contribution < 1.29 is 22.0 Å². The summed E-state index contributed by atoms with van der Waals surface area (Å²) in [7, 11) is -3.72. The highest BCUT2D eigenvalue weighted by Gasteiger charge is 2.43. The minimum absolute atomic E-state index is 0.0584. The fraction of sp³-hybridized carbons (Fsp3) is 0.393. The Labute approximate surface area is 221 Å². The number of furan rings is 1. The second kappa shape index (κ2) is 9.13. The summed E-state index contributed by atoms with van der Waals surface area (Å²) in [6, 6.07) is 9.67. The number of amides is 1. The van der Waals surface area contributed by atoms with Crippen LogP contribution in [0.5, 0.6) is 0 Å². The number of carbonyl (C=O) groups excluding carboxylic acids is 1. The topological polar surface area (TPSA) is 96.1 Å². The Balaban J connectivity index is 1.48. The molecule has 0 atom stereocenters. The summed E-state index contributed by atoms with van der Waals surface area (Å²) in [4.78, 5) is 24.1. The molecule has 1 amide bonds. The van der Waals surface area contributed by atoms with Crippen LogP contribution in [-0.4, -0.2) is 59.9 Å². The monoisotopic (exact) mass is 538 g/mol. The van der Waals surface area contributed by atoms with Gasteiger partial charge in [-0.15, -0.1) is 0 Å². The Bertz CT molecular complexity index is 1580. The Morgan fingerprint density at radius 1 is 1.11 bits per heavy atom. The number of hydrogen-bond donors (Lipinski definition) is 0. The molecule has 1 fully saturated rings. The molecule has 0 aliphatic carbocycles. The van der Waals surface area contributed by atoms with Crippen molar-refractivity contribution >= 4 is 33.2 Å². The summed E-state index contributed by atoms with van der Waals surface area (Å²) in [5.74, 6) is -0.515. The summed E-state index contributed by atoms with van der Waals surface area (Å²) >= 11 is 0. The zero-order valence-electron chi connectivity index (χ0n) is 22.2. The molecule has 0 unspecified atom stereocenters. The van der Waals surface area contributed by atoms with Gasteiger partial charge in [0.2, 0.25) is 0 Å². The average molecular weight is 539 g/mol. The second-order valence-corrected chi connectivity index (χ2v) is 13.2. The lowest BCUT2D eigenvalue weighted by molar-refractivity contribution is 0.0327. The number of piperazine rings is 1. The van der Waals surface area contributed by atoms with E-state index in [1.54, 1.807) is 35.4 Å². The molecule has 3 aromatic rings. The van der Waals surface area contributed by atoms with Gasteiger partial charge >= 0.3 is 0 Å². The third-order valence-corrected chi connectivity index (χ3v) is 8.76. The molecule has 5 rings (SSSR count). The van der Waals surface area contributed by atoms with Crippen LogP contribution in [0, 0.1) is 5.82 Å². The largest absolute Gasteiger partial charge is 0.449 e.